The molecule has 0 spiro atoms. The van der Waals surface area contributed by atoms with Crippen LogP contribution in [0, 0.1) is 17.7 Å². The quantitative estimate of drug-likeness (QED) is 0.931. The highest BCUT2D eigenvalue weighted by Gasteiger charge is 2.38. The van der Waals surface area contributed by atoms with E-state index in [-0.39, 0.29) is 23.5 Å². The smallest absolute Gasteiger partial charge is 0.247 e. The second kappa shape index (κ2) is 6.69. The number of rotatable bonds is 3. The Balaban J connectivity index is 1.83. The van der Waals surface area contributed by atoms with Crippen LogP contribution in [-0.4, -0.2) is 29.8 Å². The molecule has 23 heavy (non-hydrogen) atoms. The summed E-state index contributed by atoms with van der Waals surface area (Å²) in [5.41, 5.74) is 0.663. The minimum absolute atomic E-state index is 0.0427. The number of amides is 2. The molecule has 1 saturated heterocycles. The molecule has 1 saturated carbocycles. The lowest BCUT2D eigenvalue weighted by Crippen LogP contribution is -2.53. The Bertz CT molecular complexity index is 581. The van der Waals surface area contributed by atoms with E-state index in [1.807, 2.05) is 6.92 Å². The summed E-state index contributed by atoms with van der Waals surface area (Å²) in [6.45, 7) is 2.95. The molecule has 124 valence electrons. The van der Waals surface area contributed by atoms with Crippen molar-refractivity contribution < 1.29 is 14.0 Å². The molecule has 0 radical (unpaired) electrons. The summed E-state index contributed by atoms with van der Waals surface area (Å²) in [7, 11) is 0. The van der Waals surface area contributed by atoms with Crippen molar-refractivity contribution in [1.29, 1.82) is 0 Å². The standard InChI is InChI=1S/C18H23FN2O2/c1-12(13-4-2-3-5-13)18(23)21-11-10-20-17(22)16(21)14-6-8-15(19)9-7-14/h6-9,12-13,16H,2-5,10-11H2,1H3,(H,20,22). The zero-order valence-electron chi connectivity index (χ0n) is 13.4. The Labute approximate surface area is 136 Å². The third-order valence-electron chi connectivity index (χ3n) is 5.18. The maximum Gasteiger partial charge on any atom is 0.247 e. The summed E-state index contributed by atoms with van der Waals surface area (Å²) in [5.74, 6) is -0.134. The van der Waals surface area contributed by atoms with E-state index in [9.17, 15) is 14.0 Å². The molecule has 2 fully saturated rings. The molecule has 1 aliphatic carbocycles. The lowest BCUT2D eigenvalue weighted by atomic mass is 9.90. The van der Waals surface area contributed by atoms with Gasteiger partial charge in [-0.3, -0.25) is 9.59 Å². The molecule has 2 unspecified atom stereocenters. The fourth-order valence-electron chi connectivity index (χ4n) is 3.80. The minimum atomic E-state index is -0.652. The molecule has 1 aliphatic heterocycles. The van der Waals surface area contributed by atoms with Gasteiger partial charge in [-0.05, 0) is 36.5 Å². The van der Waals surface area contributed by atoms with Crippen LogP contribution < -0.4 is 5.32 Å². The van der Waals surface area contributed by atoms with Gasteiger partial charge in [-0.1, -0.05) is 31.9 Å². The topological polar surface area (TPSA) is 49.4 Å². The molecule has 1 aromatic rings. The second-order valence-electron chi connectivity index (χ2n) is 6.61. The Hall–Kier alpha value is -1.91. The zero-order chi connectivity index (χ0) is 16.4. The molecular formula is C18H23FN2O2. The van der Waals surface area contributed by atoms with Crippen molar-refractivity contribution in [1.82, 2.24) is 10.2 Å². The maximum atomic E-state index is 13.2. The highest BCUT2D eigenvalue weighted by atomic mass is 19.1. The van der Waals surface area contributed by atoms with Gasteiger partial charge < -0.3 is 10.2 Å². The van der Waals surface area contributed by atoms with Crippen molar-refractivity contribution in [2.24, 2.45) is 11.8 Å². The fraction of sp³-hybridized carbons (Fsp3) is 0.556. The van der Waals surface area contributed by atoms with Gasteiger partial charge in [-0.25, -0.2) is 4.39 Å². The molecular weight excluding hydrogens is 295 g/mol. The third kappa shape index (κ3) is 3.23. The first kappa shape index (κ1) is 16.0. The van der Waals surface area contributed by atoms with Crippen molar-refractivity contribution >= 4 is 11.8 Å². The molecule has 5 heteroatoms. The average Bonchev–Trinajstić information content (AvgIpc) is 3.09. The first-order valence-corrected chi connectivity index (χ1v) is 8.41. The number of nitrogens with zero attached hydrogens (tertiary/aromatic N) is 1. The normalized spacial score (nSPS) is 23.7. The molecule has 1 heterocycles. The van der Waals surface area contributed by atoms with E-state index >= 15 is 0 Å². The van der Waals surface area contributed by atoms with Gasteiger partial charge in [-0.15, -0.1) is 0 Å². The van der Waals surface area contributed by atoms with E-state index in [0.717, 1.165) is 12.8 Å². The van der Waals surface area contributed by atoms with Crippen LogP contribution in [0.2, 0.25) is 0 Å². The highest BCUT2D eigenvalue weighted by molar-refractivity contribution is 5.90. The number of piperazine rings is 1. The molecule has 0 bridgehead atoms. The molecule has 3 rings (SSSR count). The summed E-state index contributed by atoms with van der Waals surface area (Å²) >= 11 is 0. The predicted molar refractivity (Wildman–Crippen MR) is 85.0 cm³/mol. The van der Waals surface area contributed by atoms with Gasteiger partial charge in [0.05, 0.1) is 0 Å². The van der Waals surface area contributed by atoms with Crippen molar-refractivity contribution in [3.05, 3.63) is 35.6 Å². The van der Waals surface area contributed by atoms with E-state index < -0.39 is 6.04 Å². The first-order chi connectivity index (χ1) is 11.1. The van der Waals surface area contributed by atoms with Crippen LogP contribution in [0.3, 0.4) is 0 Å². The Morgan fingerprint density at radius 3 is 2.57 bits per heavy atom. The Kier molecular flexibility index (Phi) is 4.64. The lowest BCUT2D eigenvalue weighted by molar-refractivity contribution is -0.147. The Morgan fingerprint density at radius 1 is 1.26 bits per heavy atom. The monoisotopic (exact) mass is 318 g/mol. The summed E-state index contributed by atoms with van der Waals surface area (Å²) in [4.78, 5) is 27.0. The van der Waals surface area contributed by atoms with Gasteiger partial charge in [0.1, 0.15) is 11.9 Å². The largest absolute Gasteiger partial charge is 0.352 e. The van der Waals surface area contributed by atoms with E-state index in [0.29, 0.717) is 24.6 Å². The van der Waals surface area contributed by atoms with Crippen molar-refractivity contribution in [2.45, 2.75) is 38.6 Å². The SMILES string of the molecule is CC(C(=O)N1CCNC(=O)C1c1ccc(F)cc1)C1CCCC1. The number of carbonyl (C=O) groups is 2. The van der Waals surface area contributed by atoms with Crippen LogP contribution >= 0.6 is 0 Å². The van der Waals surface area contributed by atoms with E-state index in [2.05, 4.69) is 5.32 Å². The van der Waals surface area contributed by atoms with E-state index in [1.54, 1.807) is 17.0 Å². The molecule has 4 nitrogen and oxygen atoms in total. The lowest BCUT2D eigenvalue weighted by Gasteiger charge is -2.37. The first-order valence-electron chi connectivity index (χ1n) is 8.41. The number of nitrogens with one attached hydrogen (secondary N) is 1. The van der Waals surface area contributed by atoms with Gasteiger partial charge in [0.15, 0.2) is 0 Å². The van der Waals surface area contributed by atoms with Crippen LogP contribution in [0.15, 0.2) is 24.3 Å². The number of carbonyl (C=O) groups excluding carboxylic acids is 2. The summed E-state index contributed by atoms with van der Waals surface area (Å²) in [6.07, 6.45) is 4.55. The summed E-state index contributed by atoms with van der Waals surface area (Å²) in [5, 5.41) is 2.81. The van der Waals surface area contributed by atoms with Crippen LogP contribution in [0.5, 0.6) is 0 Å². The number of halogens is 1. The van der Waals surface area contributed by atoms with Crippen molar-refractivity contribution in [2.75, 3.05) is 13.1 Å². The molecule has 0 aromatic heterocycles. The maximum absolute atomic E-state index is 13.2. The van der Waals surface area contributed by atoms with Gasteiger partial charge in [-0.2, -0.15) is 0 Å². The summed E-state index contributed by atoms with van der Waals surface area (Å²) < 4.78 is 13.2. The molecule has 2 atom stereocenters. The molecule has 2 aliphatic rings. The fourth-order valence-corrected chi connectivity index (χ4v) is 3.80. The third-order valence-corrected chi connectivity index (χ3v) is 5.18. The number of hydrogen-bond acceptors (Lipinski definition) is 2. The van der Waals surface area contributed by atoms with Gasteiger partial charge >= 0.3 is 0 Å². The predicted octanol–water partition coefficient (Wildman–Crippen LogP) is 2.65. The van der Waals surface area contributed by atoms with Crippen LogP contribution in [0.1, 0.15) is 44.2 Å². The van der Waals surface area contributed by atoms with Gasteiger partial charge in [0.2, 0.25) is 11.8 Å². The molecule has 2 amide bonds. The van der Waals surface area contributed by atoms with Crippen molar-refractivity contribution in [3.8, 4) is 0 Å². The van der Waals surface area contributed by atoms with E-state index in [4.69, 9.17) is 0 Å². The highest BCUT2D eigenvalue weighted by Crippen LogP contribution is 2.34. The number of hydrogen-bond donors (Lipinski definition) is 1. The van der Waals surface area contributed by atoms with Crippen LogP contribution in [-0.2, 0) is 9.59 Å². The second-order valence-corrected chi connectivity index (χ2v) is 6.61. The zero-order valence-corrected chi connectivity index (χ0v) is 13.4. The Morgan fingerprint density at radius 2 is 1.91 bits per heavy atom. The van der Waals surface area contributed by atoms with E-state index in [1.165, 1.54) is 25.0 Å². The molecule has 1 N–H and O–H groups in total. The van der Waals surface area contributed by atoms with Crippen molar-refractivity contribution in [3.63, 3.8) is 0 Å². The van der Waals surface area contributed by atoms with Gasteiger partial charge in [0.25, 0.3) is 0 Å². The van der Waals surface area contributed by atoms with Gasteiger partial charge in [0, 0.05) is 19.0 Å². The summed E-state index contributed by atoms with van der Waals surface area (Å²) in [6, 6.07) is 5.19. The van der Waals surface area contributed by atoms with Crippen LogP contribution in [0.4, 0.5) is 4.39 Å². The average molecular weight is 318 g/mol. The minimum Gasteiger partial charge on any atom is -0.352 e. The number of benzene rings is 1. The molecule has 1 aromatic carbocycles. The van der Waals surface area contributed by atoms with Crippen LogP contribution in [0.25, 0.3) is 0 Å².